The molecule has 0 aliphatic carbocycles. The van der Waals surface area contributed by atoms with E-state index in [0.29, 0.717) is 37.0 Å². The Hall–Kier alpha value is -2.41. The van der Waals surface area contributed by atoms with E-state index >= 15 is 0 Å². The maximum absolute atomic E-state index is 14.2. The molecule has 3 heterocycles. The van der Waals surface area contributed by atoms with Crippen LogP contribution in [-0.4, -0.2) is 80.8 Å². The molecule has 0 saturated carbocycles. The highest BCUT2D eigenvalue weighted by Gasteiger charge is 2.35. The van der Waals surface area contributed by atoms with Crippen LogP contribution < -0.4 is 0 Å². The average molecular weight is 609 g/mol. The van der Waals surface area contributed by atoms with Crippen molar-refractivity contribution in [3.8, 4) is 0 Å². The number of piperidine rings is 2. The van der Waals surface area contributed by atoms with E-state index in [2.05, 4.69) is 21.4 Å². The minimum atomic E-state index is -3.32. The number of benzene rings is 2. The summed E-state index contributed by atoms with van der Waals surface area (Å²) < 4.78 is 80.0. The summed E-state index contributed by atoms with van der Waals surface area (Å²) in [5.74, 6) is -1.12. The van der Waals surface area contributed by atoms with E-state index in [1.807, 2.05) is 6.07 Å². The van der Waals surface area contributed by atoms with Crippen LogP contribution in [0.25, 0.3) is 11.0 Å². The molecule has 2 aliphatic heterocycles. The Morgan fingerprint density at radius 1 is 0.951 bits per heavy atom. The van der Waals surface area contributed by atoms with Crippen molar-refractivity contribution in [3.05, 3.63) is 59.9 Å². The summed E-state index contributed by atoms with van der Waals surface area (Å²) in [6, 6.07) is 8.81. The molecule has 41 heavy (non-hydrogen) atoms. The molecular weight excluding hydrogens is 570 g/mol. The number of nitrogens with zero attached hydrogens (tertiary/aromatic N) is 4. The highest BCUT2D eigenvalue weighted by Crippen LogP contribution is 2.38. The molecule has 1 atom stereocenters. The number of likely N-dealkylation sites (tertiary alicyclic amines) is 1. The van der Waals surface area contributed by atoms with Gasteiger partial charge in [-0.2, -0.15) is 0 Å². The van der Waals surface area contributed by atoms with E-state index < -0.39 is 31.5 Å². The molecule has 0 amide bonds. The Morgan fingerprint density at radius 3 is 2.17 bits per heavy atom. The first-order valence-electron chi connectivity index (χ1n) is 14.0. The summed E-state index contributed by atoms with van der Waals surface area (Å²) in [6.07, 6.45) is 7.99. The fraction of sp³-hybridized carbons (Fsp3) is 0.552. The molecule has 2 saturated heterocycles. The Morgan fingerprint density at radius 2 is 1.59 bits per heavy atom. The molecule has 0 unspecified atom stereocenters. The molecule has 2 aliphatic rings. The van der Waals surface area contributed by atoms with Gasteiger partial charge in [0, 0.05) is 44.0 Å². The summed E-state index contributed by atoms with van der Waals surface area (Å²) in [4.78, 5) is 7.13. The quantitative estimate of drug-likeness (QED) is 0.377. The van der Waals surface area contributed by atoms with Crippen molar-refractivity contribution in [2.75, 3.05) is 45.2 Å². The number of imidazole rings is 1. The first kappa shape index (κ1) is 30.1. The van der Waals surface area contributed by atoms with Gasteiger partial charge >= 0.3 is 0 Å². The molecule has 1 aromatic heterocycles. The molecule has 2 fully saturated rings. The number of halogens is 2. The summed E-state index contributed by atoms with van der Waals surface area (Å²) >= 11 is 0. The van der Waals surface area contributed by atoms with Crippen molar-refractivity contribution in [2.24, 2.45) is 5.92 Å². The second-order valence-corrected chi connectivity index (χ2v) is 16.0. The molecule has 2 aromatic carbocycles. The normalized spacial score (nSPS) is 20.4. The lowest BCUT2D eigenvalue weighted by molar-refractivity contribution is 0.119. The number of hydrogen-bond donors (Lipinski definition) is 0. The lowest BCUT2D eigenvalue weighted by atomic mass is 9.78. The van der Waals surface area contributed by atoms with E-state index in [1.165, 1.54) is 28.9 Å². The van der Waals surface area contributed by atoms with E-state index in [0.717, 1.165) is 50.5 Å². The third-order valence-corrected chi connectivity index (χ3v) is 11.5. The first-order chi connectivity index (χ1) is 19.2. The molecule has 12 heteroatoms. The van der Waals surface area contributed by atoms with Crippen molar-refractivity contribution in [3.63, 3.8) is 0 Å². The maximum atomic E-state index is 14.2. The highest BCUT2D eigenvalue weighted by atomic mass is 32.2. The third kappa shape index (κ3) is 6.65. The number of fused-ring (bicyclic) bond motifs is 1. The van der Waals surface area contributed by atoms with Crippen LogP contribution in [0.3, 0.4) is 0 Å². The van der Waals surface area contributed by atoms with Crippen molar-refractivity contribution >= 4 is 30.9 Å². The molecular formula is C29H38F2N4O4S2. The third-order valence-electron chi connectivity index (χ3n) is 9.07. The Kier molecular flexibility index (Phi) is 8.32. The van der Waals surface area contributed by atoms with E-state index in [4.69, 9.17) is 0 Å². The minimum absolute atomic E-state index is 0.0724. The standard InChI is InChI=1S/C29H38F2N4O4S2/c1-29(35-20-32-27-19-25(40(2,36)37)4-5-28(27)35)9-14-33(15-10-29)11-8-26(22-16-23(30)18-24(31)17-22)21-6-12-34(13-7-21)41(3,38)39/h4-5,16-21,26H,6-15H2,1-3H3/t26-/m1/s1. The van der Waals surface area contributed by atoms with Crippen molar-refractivity contribution in [1.29, 1.82) is 0 Å². The molecule has 0 radical (unpaired) electrons. The minimum Gasteiger partial charge on any atom is -0.325 e. The van der Waals surface area contributed by atoms with Crippen LogP contribution in [0.5, 0.6) is 0 Å². The summed E-state index contributed by atoms with van der Waals surface area (Å²) in [5.41, 5.74) is 2.02. The van der Waals surface area contributed by atoms with Crippen LogP contribution in [-0.2, 0) is 25.4 Å². The largest absolute Gasteiger partial charge is 0.325 e. The fourth-order valence-corrected chi connectivity index (χ4v) is 8.06. The summed E-state index contributed by atoms with van der Waals surface area (Å²) in [7, 11) is -6.58. The van der Waals surface area contributed by atoms with Crippen LogP contribution in [0.4, 0.5) is 8.78 Å². The van der Waals surface area contributed by atoms with Gasteiger partial charge in [0.25, 0.3) is 0 Å². The van der Waals surface area contributed by atoms with Gasteiger partial charge in [-0.25, -0.2) is 34.9 Å². The number of aromatic nitrogens is 2. The van der Waals surface area contributed by atoms with Crippen molar-refractivity contribution < 1.29 is 25.6 Å². The van der Waals surface area contributed by atoms with E-state index in [1.54, 1.807) is 18.5 Å². The van der Waals surface area contributed by atoms with Gasteiger partial charge in [-0.05, 0) is 93.3 Å². The van der Waals surface area contributed by atoms with Gasteiger partial charge in [0.05, 0.1) is 28.5 Å². The Labute approximate surface area is 241 Å². The predicted octanol–water partition coefficient (Wildman–Crippen LogP) is 4.37. The Bertz CT molecular complexity index is 1610. The zero-order valence-corrected chi connectivity index (χ0v) is 25.4. The molecule has 0 spiro atoms. The predicted molar refractivity (Wildman–Crippen MR) is 155 cm³/mol. The van der Waals surface area contributed by atoms with Crippen molar-refractivity contribution in [2.45, 2.75) is 55.4 Å². The molecule has 0 N–H and O–H groups in total. The highest BCUT2D eigenvalue weighted by molar-refractivity contribution is 7.90. The smallest absolute Gasteiger partial charge is 0.211 e. The summed E-state index contributed by atoms with van der Waals surface area (Å²) in [6.45, 7) is 5.49. The average Bonchev–Trinajstić information content (AvgIpc) is 3.33. The zero-order valence-electron chi connectivity index (χ0n) is 23.8. The molecule has 0 bridgehead atoms. The van der Waals surface area contributed by atoms with E-state index in [9.17, 15) is 25.6 Å². The van der Waals surface area contributed by atoms with Crippen LogP contribution >= 0.6 is 0 Å². The van der Waals surface area contributed by atoms with Gasteiger partial charge in [-0.1, -0.05) is 0 Å². The molecule has 224 valence electrons. The van der Waals surface area contributed by atoms with Gasteiger partial charge < -0.3 is 9.47 Å². The van der Waals surface area contributed by atoms with Gasteiger partial charge in [0.15, 0.2) is 9.84 Å². The lowest BCUT2D eigenvalue weighted by Gasteiger charge is -2.42. The van der Waals surface area contributed by atoms with Crippen LogP contribution in [0.2, 0.25) is 0 Å². The molecule has 8 nitrogen and oxygen atoms in total. The van der Waals surface area contributed by atoms with Crippen LogP contribution in [0.15, 0.2) is 47.6 Å². The topological polar surface area (TPSA) is 92.6 Å². The number of sulfonamides is 1. The second kappa shape index (κ2) is 11.3. The van der Waals surface area contributed by atoms with E-state index in [-0.39, 0.29) is 22.3 Å². The van der Waals surface area contributed by atoms with Crippen LogP contribution in [0.1, 0.15) is 50.5 Å². The molecule has 3 aromatic rings. The second-order valence-electron chi connectivity index (χ2n) is 12.0. The number of rotatable bonds is 8. The van der Waals surface area contributed by atoms with Crippen LogP contribution in [0, 0.1) is 17.6 Å². The first-order valence-corrected chi connectivity index (χ1v) is 17.8. The van der Waals surface area contributed by atoms with Crippen molar-refractivity contribution in [1.82, 2.24) is 18.8 Å². The fourth-order valence-electron chi connectivity index (χ4n) is 6.55. The van der Waals surface area contributed by atoms with Gasteiger partial charge in [-0.3, -0.25) is 0 Å². The lowest BCUT2D eigenvalue weighted by Crippen LogP contribution is -2.45. The summed E-state index contributed by atoms with van der Waals surface area (Å²) in [5, 5.41) is 0. The Balaban J connectivity index is 1.27. The SMILES string of the molecule is CC1(n2cnc3cc(S(C)(=O)=O)ccc32)CCN(CC[C@@H](c2cc(F)cc(F)c2)C2CCN(S(C)(=O)=O)CC2)CC1. The van der Waals surface area contributed by atoms with Gasteiger partial charge in [0.1, 0.15) is 11.6 Å². The zero-order chi connectivity index (χ0) is 29.6. The van der Waals surface area contributed by atoms with Gasteiger partial charge in [0.2, 0.25) is 10.0 Å². The molecule has 5 rings (SSSR count). The number of hydrogen-bond acceptors (Lipinski definition) is 6. The maximum Gasteiger partial charge on any atom is 0.211 e. The monoisotopic (exact) mass is 608 g/mol. The number of sulfone groups is 1. The van der Waals surface area contributed by atoms with Gasteiger partial charge in [-0.15, -0.1) is 0 Å².